The lowest BCUT2D eigenvalue weighted by Crippen LogP contribution is -1.82. The number of furan rings is 1. The predicted molar refractivity (Wildman–Crippen MR) is 79.6 cm³/mol. The quantitative estimate of drug-likeness (QED) is 0.624. The lowest BCUT2D eigenvalue weighted by molar-refractivity contribution is 0.251. The Labute approximate surface area is 123 Å². The topological polar surface area (TPSA) is 68.4 Å². The largest absolute Gasteiger partial charge is 0.459 e. The number of nitrogens with zero attached hydrogens (tertiary/aromatic N) is 2. The average molecular weight is 298 g/mol. The number of pyridine rings is 1. The third-order valence-corrected chi connectivity index (χ3v) is 3.90. The fourth-order valence-electron chi connectivity index (χ4n) is 2.11. The molecule has 0 radical (unpaired) electrons. The van der Waals surface area contributed by atoms with Crippen LogP contribution in [0.2, 0.25) is 0 Å². The molecular weight excluding hydrogens is 288 g/mol. The van der Waals surface area contributed by atoms with Crippen molar-refractivity contribution in [3.05, 3.63) is 48.4 Å². The Morgan fingerprint density at radius 1 is 1.24 bits per heavy atom. The van der Waals surface area contributed by atoms with Gasteiger partial charge in [0.15, 0.2) is 0 Å². The van der Waals surface area contributed by atoms with E-state index in [0.717, 1.165) is 21.3 Å². The lowest BCUT2D eigenvalue weighted by atomic mass is 10.2. The second-order valence-corrected chi connectivity index (χ2v) is 5.42. The Morgan fingerprint density at radius 2 is 2.19 bits per heavy atom. The van der Waals surface area contributed by atoms with Crippen LogP contribution in [0.1, 0.15) is 5.76 Å². The first-order chi connectivity index (χ1) is 10.3. The monoisotopic (exact) mass is 298 g/mol. The number of rotatable bonds is 3. The average Bonchev–Trinajstić information content (AvgIpc) is 3.09. The summed E-state index contributed by atoms with van der Waals surface area (Å²) in [4.78, 5) is 9.47. The molecule has 0 spiro atoms. The van der Waals surface area contributed by atoms with E-state index in [1.54, 1.807) is 12.3 Å². The fraction of sp³-hybridized carbons (Fsp3) is 0.0667. The highest BCUT2D eigenvalue weighted by molar-refractivity contribution is 7.19. The lowest BCUT2D eigenvalue weighted by Gasteiger charge is -2.00. The van der Waals surface area contributed by atoms with Gasteiger partial charge in [-0.2, -0.15) is 0 Å². The van der Waals surface area contributed by atoms with Crippen LogP contribution in [0.5, 0.6) is 10.9 Å². The van der Waals surface area contributed by atoms with Crippen LogP contribution in [-0.4, -0.2) is 15.1 Å². The Kier molecular flexibility index (Phi) is 2.83. The molecule has 0 aliphatic rings. The van der Waals surface area contributed by atoms with E-state index in [2.05, 4.69) is 9.97 Å². The molecule has 0 amide bonds. The number of aromatic nitrogens is 2. The number of aliphatic hydroxyl groups is 1. The van der Waals surface area contributed by atoms with Crippen LogP contribution in [0.3, 0.4) is 0 Å². The van der Waals surface area contributed by atoms with Crippen molar-refractivity contribution in [3.63, 3.8) is 0 Å². The summed E-state index contributed by atoms with van der Waals surface area (Å²) in [5, 5.41) is 10.5. The zero-order valence-electron chi connectivity index (χ0n) is 10.8. The Balaban J connectivity index is 1.69. The highest BCUT2D eigenvalue weighted by Crippen LogP contribution is 2.32. The SMILES string of the molecule is OCc1cc2cc(Oc3nc4cccnc4s3)ccc2o1. The van der Waals surface area contributed by atoms with Crippen molar-refractivity contribution < 1.29 is 14.3 Å². The summed E-state index contributed by atoms with van der Waals surface area (Å²) < 4.78 is 11.2. The van der Waals surface area contributed by atoms with E-state index in [-0.39, 0.29) is 6.61 Å². The van der Waals surface area contributed by atoms with E-state index in [0.29, 0.717) is 16.7 Å². The molecule has 6 heteroatoms. The molecule has 0 fully saturated rings. The second-order valence-electron chi connectivity index (χ2n) is 4.48. The molecule has 0 unspecified atom stereocenters. The zero-order valence-corrected chi connectivity index (χ0v) is 11.6. The summed E-state index contributed by atoms with van der Waals surface area (Å²) in [6.07, 6.45) is 1.73. The Bertz CT molecular complexity index is 896. The number of hydrogen-bond donors (Lipinski definition) is 1. The number of ether oxygens (including phenoxy) is 1. The summed E-state index contributed by atoms with van der Waals surface area (Å²) in [5.41, 5.74) is 1.54. The molecule has 0 aliphatic heterocycles. The first-order valence-corrected chi connectivity index (χ1v) is 7.16. The smallest absolute Gasteiger partial charge is 0.281 e. The van der Waals surface area contributed by atoms with Crippen LogP contribution in [0.4, 0.5) is 0 Å². The van der Waals surface area contributed by atoms with Gasteiger partial charge in [0, 0.05) is 11.6 Å². The Morgan fingerprint density at radius 3 is 3.05 bits per heavy atom. The highest BCUT2D eigenvalue weighted by atomic mass is 32.1. The van der Waals surface area contributed by atoms with Gasteiger partial charge in [0.1, 0.15) is 34.0 Å². The van der Waals surface area contributed by atoms with Crippen molar-refractivity contribution in [2.75, 3.05) is 0 Å². The third kappa shape index (κ3) is 2.24. The Hall–Kier alpha value is -2.44. The maximum absolute atomic E-state index is 9.08. The van der Waals surface area contributed by atoms with Crippen LogP contribution in [0.25, 0.3) is 21.3 Å². The van der Waals surface area contributed by atoms with Gasteiger partial charge < -0.3 is 14.3 Å². The van der Waals surface area contributed by atoms with Gasteiger partial charge in [0.25, 0.3) is 5.19 Å². The van der Waals surface area contributed by atoms with Gasteiger partial charge in [-0.1, -0.05) is 11.3 Å². The second kappa shape index (κ2) is 4.83. The van der Waals surface area contributed by atoms with Crippen molar-refractivity contribution in [1.82, 2.24) is 9.97 Å². The molecule has 0 atom stereocenters. The molecule has 0 bridgehead atoms. The van der Waals surface area contributed by atoms with Crippen molar-refractivity contribution in [2.24, 2.45) is 0 Å². The van der Waals surface area contributed by atoms with E-state index < -0.39 is 0 Å². The number of hydrogen-bond acceptors (Lipinski definition) is 6. The fourth-order valence-corrected chi connectivity index (χ4v) is 2.89. The van der Waals surface area contributed by atoms with Gasteiger partial charge in [-0.25, -0.2) is 9.97 Å². The molecule has 4 rings (SSSR count). The maximum Gasteiger partial charge on any atom is 0.281 e. The predicted octanol–water partition coefficient (Wildman–Crippen LogP) is 3.72. The zero-order chi connectivity index (χ0) is 14.2. The van der Waals surface area contributed by atoms with Crippen LogP contribution in [0.15, 0.2) is 47.0 Å². The van der Waals surface area contributed by atoms with Crippen molar-refractivity contribution in [1.29, 1.82) is 0 Å². The minimum Gasteiger partial charge on any atom is -0.459 e. The molecular formula is C15H10N2O3S. The summed E-state index contributed by atoms with van der Waals surface area (Å²) in [5.74, 6) is 1.21. The third-order valence-electron chi connectivity index (χ3n) is 3.05. The molecule has 3 heterocycles. The summed E-state index contributed by atoms with van der Waals surface area (Å²) in [7, 11) is 0. The number of benzene rings is 1. The van der Waals surface area contributed by atoms with E-state index in [1.807, 2.05) is 30.3 Å². The molecule has 1 aromatic carbocycles. The first-order valence-electron chi connectivity index (χ1n) is 6.34. The molecule has 0 aliphatic carbocycles. The van der Waals surface area contributed by atoms with Crippen LogP contribution < -0.4 is 4.74 Å². The van der Waals surface area contributed by atoms with Gasteiger partial charge in [-0.3, -0.25) is 0 Å². The van der Waals surface area contributed by atoms with E-state index >= 15 is 0 Å². The molecule has 21 heavy (non-hydrogen) atoms. The molecule has 3 aromatic heterocycles. The highest BCUT2D eigenvalue weighted by Gasteiger charge is 2.08. The van der Waals surface area contributed by atoms with E-state index in [4.69, 9.17) is 14.3 Å². The van der Waals surface area contributed by atoms with Crippen molar-refractivity contribution in [3.8, 4) is 10.9 Å². The first kappa shape index (κ1) is 12.3. The molecule has 1 N–H and O–H groups in total. The standard InChI is InChI=1S/C15H10N2O3S/c18-8-11-7-9-6-10(3-4-13(9)19-11)20-15-17-12-2-1-5-16-14(12)21-15/h1-7,18H,8H2. The summed E-state index contributed by atoms with van der Waals surface area (Å²) in [6, 6.07) is 11.0. The molecule has 104 valence electrons. The van der Waals surface area contributed by atoms with Gasteiger partial charge in [0.05, 0.1) is 0 Å². The van der Waals surface area contributed by atoms with Crippen LogP contribution in [0, 0.1) is 0 Å². The number of fused-ring (bicyclic) bond motifs is 2. The minimum atomic E-state index is -0.117. The summed E-state index contributed by atoms with van der Waals surface area (Å²) >= 11 is 1.40. The van der Waals surface area contributed by atoms with Gasteiger partial charge >= 0.3 is 0 Å². The van der Waals surface area contributed by atoms with E-state index in [9.17, 15) is 0 Å². The molecule has 0 saturated heterocycles. The van der Waals surface area contributed by atoms with Crippen molar-refractivity contribution >= 4 is 32.7 Å². The molecule has 0 saturated carbocycles. The summed E-state index contributed by atoms with van der Waals surface area (Å²) in [6.45, 7) is -0.117. The normalized spacial score (nSPS) is 11.3. The van der Waals surface area contributed by atoms with Gasteiger partial charge in [0.2, 0.25) is 0 Å². The molecule has 5 nitrogen and oxygen atoms in total. The van der Waals surface area contributed by atoms with Crippen LogP contribution >= 0.6 is 11.3 Å². The van der Waals surface area contributed by atoms with Gasteiger partial charge in [-0.15, -0.1) is 0 Å². The number of aliphatic hydroxyl groups excluding tert-OH is 1. The van der Waals surface area contributed by atoms with Gasteiger partial charge in [-0.05, 0) is 36.4 Å². The minimum absolute atomic E-state index is 0.117. The maximum atomic E-state index is 9.08. The van der Waals surface area contributed by atoms with E-state index in [1.165, 1.54) is 11.3 Å². The number of thiazole rings is 1. The van der Waals surface area contributed by atoms with Crippen molar-refractivity contribution in [2.45, 2.75) is 6.61 Å². The van der Waals surface area contributed by atoms with Crippen LogP contribution in [-0.2, 0) is 6.61 Å². The molecule has 4 aromatic rings.